The fraction of sp³-hybridized carbons (Fsp3) is 0.520. The van der Waals surface area contributed by atoms with E-state index in [0.717, 1.165) is 54.7 Å². The molecular weight excluding hydrogens is 358 g/mol. The van der Waals surface area contributed by atoms with Crippen LogP contribution in [-0.2, 0) is 12.8 Å². The third-order valence-electron chi connectivity index (χ3n) is 5.73. The minimum Gasteiger partial charge on any atom is -0.494 e. The van der Waals surface area contributed by atoms with Gasteiger partial charge in [0.25, 0.3) is 0 Å². The van der Waals surface area contributed by atoms with Gasteiger partial charge in [-0.2, -0.15) is 5.26 Å². The first-order valence-electron chi connectivity index (χ1n) is 11.2. The zero-order valence-corrected chi connectivity index (χ0v) is 17.7. The van der Waals surface area contributed by atoms with Crippen molar-refractivity contribution in [1.82, 2.24) is 4.98 Å². The largest absolute Gasteiger partial charge is 0.494 e. The highest BCUT2D eigenvalue weighted by Gasteiger charge is 2.20. The number of benzene rings is 1. The third kappa shape index (κ3) is 5.50. The van der Waals surface area contributed by atoms with E-state index in [0.29, 0.717) is 18.0 Å². The van der Waals surface area contributed by atoms with Gasteiger partial charge in [-0.3, -0.25) is 0 Å². The Kier molecular flexibility index (Phi) is 7.93. The van der Waals surface area contributed by atoms with E-state index < -0.39 is 0 Å². The molecule has 4 heteroatoms. The monoisotopic (exact) mass is 391 g/mol. The van der Waals surface area contributed by atoms with Crippen molar-refractivity contribution in [3.8, 4) is 22.9 Å². The van der Waals surface area contributed by atoms with Crippen LogP contribution in [0.3, 0.4) is 0 Å². The smallest absolute Gasteiger partial charge is 0.142 e. The first kappa shape index (κ1) is 21.2. The van der Waals surface area contributed by atoms with E-state index in [1.165, 1.54) is 44.1 Å². The molecule has 1 aliphatic rings. The predicted molar refractivity (Wildman–Crippen MR) is 119 cm³/mol. The van der Waals surface area contributed by atoms with Crippen molar-refractivity contribution in [2.75, 3.05) is 12.3 Å². The Balaban J connectivity index is 2.02. The second kappa shape index (κ2) is 10.9. The van der Waals surface area contributed by atoms with Gasteiger partial charge in [-0.15, -0.1) is 0 Å². The molecule has 0 bridgehead atoms. The molecular formula is C25H33N3O. The second-order valence-corrected chi connectivity index (χ2v) is 7.99. The molecule has 1 heterocycles. The van der Waals surface area contributed by atoms with Crippen molar-refractivity contribution in [2.24, 2.45) is 0 Å². The summed E-state index contributed by atoms with van der Waals surface area (Å²) in [6.07, 6.45) is 12.9. The number of aryl methyl sites for hydroxylation is 1. The number of pyridine rings is 1. The fourth-order valence-corrected chi connectivity index (χ4v) is 4.19. The Labute approximate surface area is 175 Å². The molecule has 29 heavy (non-hydrogen) atoms. The Bertz CT molecular complexity index is 837. The number of rotatable bonds is 4. The molecule has 0 radical (unpaired) electrons. The molecule has 2 N–H and O–H groups in total. The lowest BCUT2D eigenvalue weighted by atomic mass is 9.89. The van der Waals surface area contributed by atoms with Crippen molar-refractivity contribution in [2.45, 2.75) is 77.6 Å². The molecule has 0 aliphatic heterocycles. The van der Waals surface area contributed by atoms with Crippen LogP contribution in [-0.4, -0.2) is 11.6 Å². The zero-order valence-electron chi connectivity index (χ0n) is 17.7. The van der Waals surface area contributed by atoms with Crippen LogP contribution in [0.1, 0.15) is 81.5 Å². The average molecular weight is 392 g/mol. The van der Waals surface area contributed by atoms with Gasteiger partial charge >= 0.3 is 0 Å². The maximum atomic E-state index is 9.85. The minimum absolute atomic E-state index is 0.361. The number of hydrogen-bond donors (Lipinski definition) is 1. The van der Waals surface area contributed by atoms with E-state index in [9.17, 15) is 5.26 Å². The van der Waals surface area contributed by atoms with Crippen LogP contribution in [0.15, 0.2) is 24.3 Å². The van der Waals surface area contributed by atoms with Crippen molar-refractivity contribution in [3.05, 3.63) is 41.1 Å². The van der Waals surface area contributed by atoms with Gasteiger partial charge in [-0.25, -0.2) is 4.98 Å². The lowest BCUT2D eigenvalue weighted by molar-refractivity contribution is 0.317. The summed E-state index contributed by atoms with van der Waals surface area (Å²) in [6, 6.07) is 10.4. The number of aromatic nitrogens is 1. The Morgan fingerprint density at radius 1 is 0.966 bits per heavy atom. The molecule has 4 nitrogen and oxygen atoms in total. The molecule has 1 aromatic carbocycles. The summed E-state index contributed by atoms with van der Waals surface area (Å²) in [6.45, 7) is 2.81. The highest BCUT2D eigenvalue weighted by Crippen LogP contribution is 2.35. The molecule has 3 rings (SSSR count). The van der Waals surface area contributed by atoms with E-state index in [-0.39, 0.29) is 0 Å². The van der Waals surface area contributed by atoms with Crippen LogP contribution >= 0.6 is 0 Å². The number of hydrogen-bond acceptors (Lipinski definition) is 4. The topological polar surface area (TPSA) is 71.9 Å². The molecule has 0 amide bonds. The number of nitriles is 1. The number of nitrogen functional groups attached to an aromatic ring is 1. The highest BCUT2D eigenvalue weighted by atomic mass is 16.5. The maximum absolute atomic E-state index is 9.85. The van der Waals surface area contributed by atoms with Crippen molar-refractivity contribution in [3.63, 3.8) is 0 Å². The van der Waals surface area contributed by atoms with Crippen LogP contribution in [0.25, 0.3) is 11.1 Å². The third-order valence-corrected chi connectivity index (χ3v) is 5.73. The molecule has 0 fully saturated rings. The molecule has 2 aromatic rings. The predicted octanol–water partition coefficient (Wildman–Crippen LogP) is 6.21. The first-order chi connectivity index (χ1) is 14.2. The van der Waals surface area contributed by atoms with E-state index >= 15 is 0 Å². The average Bonchev–Trinajstić information content (AvgIpc) is 2.73. The normalized spacial score (nSPS) is 15.4. The standard InChI is InChI=1S/C25H33N3O/c1-2-17-29-20-15-13-19(14-16-20)24-21-11-9-7-5-3-4-6-8-10-12-23(21)28-25(27)22(24)18-26/h13-16H,2-12,17H2,1H3,(H2,27,28). The molecule has 1 aromatic heterocycles. The van der Waals surface area contributed by atoms with Crippen molar-refractivity contribution in [1.29, 1.82) is 5.26 Å². The van der Waals surface area contributed by atoms with E-state index in [4.69, 9.17) is 10.5 Å². The van der Waals surface area contributed by atoms with Gasteiger partial charge in [0.2, 0.25) is 0 Å². The van der Waals surface area contributed by atoms with Gasteiger partial charge in [0.15, 0.2) is 0 Å². The molecule has 154 valence electrons. The van der Waals surface area contributed by atoms with E-state index in [1.54, 1.807) is 0 Å². The Morgan fingerprint density at radius 2 is 1.59 bits per heavy atom. The summed E-state index contributed by atoms with van der Waals surface area (Å²) in [5.74, 6) is 1.22. The summed E-state index contributed by atoms with van der Waals surface area (Å²) >= 11 is 0. The van der Waals surface area contributed by atoms with Crippen LogP contribution in [0.5, 0.6) is 5.75 Å². The summed E-state index contributed by atoms with van der Waals surface area (Å²) in [7, 11) is 0. The maximum Gasteiger partial charge on any atom is 0.142 e. The summed E-state index contributed by atoms with van der Waals surface area (Å²) in [5, 5.41) is 9.85. The van der Waals surface area contributed by atoms with Gasteiger partial charge in [0, 0.05) is 11.3 Å². The van der Waals surface area contributed by atoms with Gasteiger partial charge in [-0.1, -0.05) is 57.6 Å². The Morgan fingerprint density at radius 3 is 2.21 bits per heavy atom. The quantitative estimate of drug-likeness (QED) is 0.672. The summed E-state index contributed by atoms with van der Waals surface area (Å²) in [4.78, 5) is 4.69. The molecule has 0 unspecified atom stereocenters. The number of fused-ring (bicyclic) bond motifs is 1. The van der Waals surface area contributed by atoms with Crippen LogP contribution in [0.4, 0.5) is 5.82 Å². The van der Waals surface area contributed by atoms with Crippen LogP contribution < -0.4 is 10.5 Å². The molecule has 1 aliphatic carbocycles. The molecule has 0 saturated heterocycles. The first-order valence-corrected chi connectivity index (χ1v) is 11.2. The van der Waals surface area contributed by atoms with Gasteiger partial charge < -0.3 is 10.5 Å². The van der Waals surface area contributed by atoms with Crippen molar-refractivity contribution >= 4 is 5.82 Å². The van der Waals surface area contributed by atoms with Gasteiger partial charge in [-0.05, 0) is 55.4 Å². The SMILES string of the molecule is CCCOc1ccc(-c2c(C#N)c(N)nc3c2CCCCCCCCCC3)cc1. The molecule has 0 spiro atoms. The number of nitrogens with two attached hydrogens (primary N) is 1. The van der Waals surface area contributed by atoms with Gasteiger partial charge in [0.1, 0.15) is 23.2 Å². The number of ether oxygens (including phenoxy) is 1. The zero-order chi connectivity index (χ0) is 20.5. The minimum atomic E-state index is 0.361. The Hall–Kier alpha value is -2.54. The van der Waals surface area contributed by atoms with E-state index in [1.807, 2.05) is 12.1 Å². The lowest BCUT2D eigenvalue weighted by Crippen LogP contribution is -2.09. The fourth-order valence-electron chi connectivity index (χ4n) is 4.19. The number of nitrogens with zero attached hydrogens (tertiary/aromatic N) is 2. The lowest BCUT2D eigenvalue weighted by Gasteiger charge is -2.19. The van der Waals surface area contributed by atoms with Crippen LogP contribution in [0, 0.1) is 11.3 Å². The van der Waals surface area contributed by atoms with Crippen LogP contribution in [0.2, 0.25) is 0 Å². The summed E-state index contributed by atoms with van der Waals surface area (Å²) < 4.78 is 5.73. The number of anilines is 1. The van der Waals surface area contributed by atoms with Crippen molar-refractivity contribution < 1.29 is 4.74 Å². The molecule has 0 saturated carbocycles. The highest BCUT2D eigenvalue weighted by molar-refractivity contribution is 5.79. The summed E-state index contributed by atoms with van der Waals surface area (Å²) in [5.41, 5.74) is 11.1. The van der Waals surface area contributed by atoms with E-state index in [2.05, 4.69) is 30.1 Å². The van der Waals surface area contributed by atoms with Gasteiger partial charge in [0.05, 0.1) is 6.61 Å². The molecule has 0 atom stereocenters. The second-order valence-electron chi connectivity index (χ2n) is 7.99.